The normalized spacial score (nSPS) is 18.2. The lowest BCUT2D eigenvalue weighted by Crippen LogP contribution is -2.47. The van der Waals surface area contributed by atoms with E-state index in [1.807, 2.05) is 13.0 Å². The van der Waals surface area contributed by atoms with Gasteiger partial charge in [0.05, 0.1) is 23.8 Å². The summed E-state index contributed by atoms with van der Waals surface area (Å²) >= 11 is 0. The van der Waals surface area contributed by atoms with Gasteiger partial charge in [0.15, 0.2) is 0 Å². The summed E-state index contributed by atoms with van der Waals surface area (Å²) in [5, 5.41) is 21.2. The molecule has 2 N–H and O–H groups in total. The molecule has 0 saturated carbocycles. The molecule has 1 fully saturated rings. The molecule has 1 saturated heterocycles. The molecule has 1 aromatic rings. The summed E-state index contributed by atoms with van der Waals surface area (Å²) in [7, 11) is 0. The fourth-order valence-corrected chi connectivity index (χ4v) is 2.35. The minimum Gasteiger partial charge on any atom is -0.393 e. The summed E-state index contributed by atoms with van der Waals surface area (Å²) in [6.07, 6.45) is 1.18. The van der Waals surface area contributed by atoms with Gasteiger partial charge in [0.1, 0.15) is 0 Å². The third-order valence-corrected chi connectivity index (χ3v) is 3.69. The number of benzene rings is 1. The molecule has 1 aliphatic rings. The van der Waals surface area contributed by atoms with E-state index in [0.29, 0.717) is 24.1 Å². The van der Waals surface area contributed by atoms with Crippen molar-refractivity contribution in [1.82, 2.24) is 4.90 Å². The SMILES string of the molecule is C[C@@H](C(=O)Nc1cccc(C#N)c1)N1CCC(O)CC1. The number of nitrogens with one attached hydrogen (secondary N) is 1. The zero-order valence-electron chi connectivity index (χ0n) is 11.5. The average Bonchev–Trinajstić information content (AvgIpc) is 2.47. The summed E-state index contributed by atoms with van der Waals surface area (Å²) < 4.78 is 0. The average molecular weight is 273 g/mol. The van der Waals surface area contributed by atoms with Crippen molar-refractivity contribution in [3.63, 3.8) is 0 Å². The summed E-state index contributed by atoms with van der Waals surface area (Å²) in [6, 6.07) is 8.68. The highest BCUT2D eigenvalue weighted by molar-refractivity contribution is 5.94. The van der Waals surface area contributed by atoms with E-state index in [1.54, 1.807) is 24.3 Å². The number of nitriles is 1. The number of piperidine rings is 1. The Hall–Kier alpha value is -1.90. The van der Waals surface area contributed by atoms with Crippen LogP contribution in [0.4, 0.5) is 5.69 Å². The molecule has 2 rings (SSSR count). The number of nitrogens with zero attached hydrogens (tertiary/aromatic N) is 2. The van der Waals surface area contributed by atoms with Crippen molar-refractivity contribution in [3.05, 3.63) is 29.8 Å². The van der Waals surface area contributed by atoms with Crippen LogP contribution in [-0.2, 0) is 4.79 Å². The van der Waals surface area contributed by atoms with Crippen LogP contribution < -0.4 is 5.32 Å². The number of aliphatic hydroxyl groups excluding tert-OH is 1. The van der Waals surface area contributed by atoms with Gasteiger partial charge >= 0.3 is 0 Å². The highest BCUT2D eigenvalue weighted by atomic mass is 16.3. The van der Waals surface area contributed by atoms with Crippen LogP contribution >= 0.6 is 0 Å². The van der Waals surface area contributed by atoms with Crippen molar-refractivity contribution >= 4 is 11.6 Å². The maximum absolute atomic E-state index is 12.2. The predicted octanol–water partition coefficient (Wildman–Crippen LogP) is 1.34. The monoisotopic (exact) mass is 273 g/mol. The Morgan fingerprint density at radius 2 is 2.20 bits per heavy atom. The Kier molecular flexibility index (Phi) is 4.72. The van der Waals surface area contributed by atoms with Crippen molar-refractivity contribution in [2.75, 3.05) is 18.4 Å². The third kappa shape index (κ3) is 3.56. The maximum Gasteiger partial charge on any atom is 0.241 e. The zero-order valence-corrected chi connectivity index (χ0v) is 11.5. The quantitative estimate of drug-likeness (QED) is 0.871. The molecule has 0 aromatic heterocycles. The first kappa shape index (κ1) is 14.5. The van der Waals surface area contributed by atoms with Crippen LogP contribution in [0.1, 0.15) is 25.3 Å². The number of amides is 1. The van der Waals surface area contributed by atoms with E-state index in [0.717, 1.165) is 13.1 Å². The molecule has 0 spiro atoms. The standard InChI is InChI=1S/C15H19N3O2/c1-11(18-7-5-14(19)6-8-18)15(20)17-13-4-2-3-12(9-13)10-16/h2-4,9,11,14,19H,5-8H2,1H3,(H,17,20)/t11-/m0/s1. The Bertz CT molecular complexity index is 516. The van der Waals surface area contributed by atoms with E-state index in [2.05, 4.69) is 10.2 Å². The van der Waals surface area contributed by atoms with Gasteiger partial charge in [0, 0.05) is 18.8 Å². The van der Waals surface area contributed by atoms with Crippen LogP contribution in [0, 0.1) is 11.3 Å². The molecule has 0 radical (unpaired) electrons. The smallest absolute Gasteiger partial charge is 0.241 e. The Labute approximate surface area is 118 Å². The molecule has 0 unspecified atom stereocenters. The molecular formula is C15H19N3O2. The second-order valence-electron chi connectivity index (χ2n) is 5.12. The second kappa shape index (κ2) is 6.51. The van der Waals surface area contributed by atoms with Gasteiger partial charge in [-0.3, -0.25) is 9.69 Å². The molecule has 0 bridgehead atoms. The number of anilines is 1. The lowest BCUT2D eigenvalue weighted by atomic mass is 10.1. The van der Waals surface area contributed by atoms with E-state index in [4.69, 9.17) is 5.26 Å². The molecule has 5 heteroatoms. The fraction of sp³-hybridized carbons (Fsp3) is 0.467. The number of carbonyl (C=O) groups is 1. The fourth-order valence-electron chi connectivity index (χ4n) is 2.35. The van der Waals surface area contributed by atoms with Crippen molar-refractivity contribution in [3.8, 4) is 6.07 Å². The van der Waals surface area contributed by atoms with Crippen molar-refractivity contribution in [2.24, 2.45) is 0 Å². The van der Waals surface area contributed by atoms with Gasteiger partial charge in [-0.05, 0) is 38.0 Å². The minimum absolute atomic E-state index is 0.0866. The van der Waals surface area contributed by atoms with E-state index in [-0.39, 0.29) is 18.1 Å². The molecular weight excluding hydrogens is 254 g/mol. The molecule has 0 aliphatic carbocycles. The predicted molar refractivity (Wildman–Crippen MR) is 76.1 cm³/mol. The summed E-state index contributed by atoms with van der Waals surface area (Å²) in [6.45, 7) is 3.32. The molecule has 1 amide bonds. The van der Waals surface area contributed by atoms with Gasteiger partial charge in [-0.1, -0.05) is 6.07 Å². The van der Waals surface area contributed by atoms with Gasteiger partial charge in [0.2, 0.25) is 5.91 Å². The Morgan fingerprint density at radius 1 is 1.50 bits per heavy atom. The topological polar surface area (TPSA) is 76.4 Å². The van der Waals surface area contributed by atoms with Crippen LogP contribution in [0.2, 0.25) is 0 Å². The van der Waals surface area contributed by atoms with Crippen molar-refractivity contribution in [1.29, 1.82) is 5.26 Å². The maximum atomic E-state index is 12.2. The number of hydrogen-bond acceptors (Lipinski definition) is 4. The van der Waals surface area contributed by atoms with E-state index in [9.17, 15) is 9.90 Å². The second-order valence-corrected chi connectivity index (χ2v) is 5.12. The van der Waals surface area contributed by atoms with Crippen LogP contribution in [-0.4, -0.2) is 41.1 Å². The van der Waals surface area contributed by atoms with Crippen molar-refractivity contribution in [2.45, 2.75) is 31.9 Å². The van der Waals surface area contributed by atoms with Gasteiger partial charge in [-0.15, -0.1) is 0 Å². The lowest BCUT2D eigenvalue weighted by Gasteiger charge is -2.33. The van der Waals surface area contributed by atoms with E-state index < -0.39 is 0 Å². The van der Waals surface area contributed by atoms with E-state index >= 15 is 0 Å². The number of likely N-dealkylation sites (tertiary alicyclic amines) is 1. The van der Waals surface area contributed by atoms with E-state index in [1.165, 1.54) is 0 Å². The highest BCUT2D eigenvalue weighted by Crippen LogP contribution is 2.15. The van der Waals surface area contributed by atoms with Crippen molar-refractivity contribution < 1.29 is 9.90 Å². The van der Waals surface area contributed by atoms with Gasteiger partial charge in [-0.2, -0.15) is 5.26 Å². The first-order chi connectivity index (χ1) is 9.60. The van der Waals surface area contributed by atoms with Crippen LogP contribution in [0.3, 0.4) is 0 Å². The Morgan fingerprint density at radius 3 is 2.85 bits per heavy atom. The zero-order chi connectivity index (χ0) is 14.5. The number of carbonyl (C=O) groups excluding carboxylic acids is 1. The summed E-state index contributed by atoms with van der Waals surface area (Å²) in [5.41, 5.74) is 1.16. The molecule has 1 heterocycles. The first-order valence-corrected chi connectivity index (χ1v) is 6.83. The van der Waals surface area contributed by atoms with Gasteiger partial charge in [-0.25, -0.2) is 0 Å². The largest absolute Gasteiger partial charge is 0.393 e. The third-order valence-electron chi connectivity index (χ3n) is 3.69. The van der Waals surface area contributed by atoms with Crippen LogP contribution in [0.15, 0.2) is 24.3 Å². The lowest BCUT2D eigenvalue weighted by molar-refractivity contribution is -0.121. The number of aliphatic hydroxyl groups is 1. The van der Waals surface area contributed by atoms with Crippen LogP contribution in [0.5, 0.6) is 0 Å². The molecule has 20 heavy (non-hydrogen) atoms. The van der Waals surface area contributed by atoms with Gasteiger partial charge < -0.3 is 10.4 Å². The number of hydrogen-bond donors (Lipinski definition) is 2. The van der Waals surface area contributed by atoms with Crippen LogP contribution in [0.25, 0.3) is 0 Å². The minimum atomic E-state index is -0.242. The molecule has 1 aromatic carbocycles. The van der Waals surface area contributed by atoms with Gasteiger partial charge in [0.25, 0.3) is 0 Å². The first-order valence-electron chi connectivity index (χ1n) is 6.83. The molecule has 1 aliphatic heterocycles. The summed E-state index contributed by atoms with van der Waals surface area (Å²) in [5.74, 6) is -0.0866. The molecule has 106 valence electrons. The molecule has 1 atom stereocenters. The highest BCUT2D eigenvalue weighted by Gasteiger charge is 2.25. The summed E-state index contributed by atoms with van der Waals surface area (Å²) in [4.78, 5) is 14.3. The Balaban J connectivity index is 1.95. The number of rotatable bonds is 3. The molecule has 5 nitrogen and oxygen atoms in total.